The number of aryl methyl sites for hydroxylation is 2. The van der Waals surface area contributed by atoms with Gasteiger partial charge in [0.15, 0.2) is 0 Å². The molecule has 0 fully saturated rings. The maximum atomic E-state index is 8.67. The van der Waals surface area contributed by atoms with E-state index >= 15 is 0 Å². The van der Waals surface area contributed by atoms with E-state index in [1.807, 2.05) is 36.4 Å². The van der Waals surface area contributed by atoms with Gasteiger partial charge in [-0.15, -0.1) is 48.3 Å². The first-order valence-electron chi connectivity index (χ1n) is 29.8. The van der Waals surface area contributed by atoms with Crippen LogP contribution in [0.3, 0.4) is 0 Å². The molecule has 2 heterocycles. The number of anilines is 6. The van der Waals surface area contributed by atoms with Gasteiger partial charge in [-0.05, 0) is 123 Å². The second-order valence-corrected chi connectivity index (χ2v) is 24.2. The normalized spacial score (nSPS) is 16.0. The smallest absolute Gasteiger partial charge is 0.130 e. The van der Waals surface area contributed by atoms with E-state index in [4.69, 9.17) is 17.9 Å². The summed E-state index contributed by atoms with van der Waals surface area (Å²) < 4.78 is 57.4. The second-order valence-electron chi connectivity index (χ2n) is 24.2. The van der Waals surface area contributed by atoms with Gasteiger partial charge in [0.1, 0.15) is 5.82 Å². The minimum atomic E-state index is -2.47. The Morgan fingerprint density at radius 2 is 1.24 bits per heavy atom. The van der Waals surface area contributed by atoms with Crippen molar-refractivity contribution in [1.29, 1.82) is 0 Å². The molecule has 398 valence electrons. The van der Waals surface area contributed by atoms with Crippen molar-refractivity contribution < 1.29 is 34.0 Å². The van der Waals surface area contributed by atoms with Gasteiger partial charge in [-0.1, -0.05) is 184 Å². The van der Waals surface area contributed by atoms with Crippen LogP contribution in [-0.4, -0.2) is 4.98 Å². The van der Waals surface area contributed by atoms with Crippen molar-refractivity contribution in [2.45, 2.75) is 117 Å². The van der Waals surface area contributed by atoms with Crippen LogP contribution in [0.25, 0.3) is 44.5 Å². The molecule has 1 aromatic heterocycles. The third kappa shape index (κ3) is 10.7. The van der Waals surface area contributed by atoms with Gasteiger partial charge >= 0.3 is 0 Å². The topological polar surface area (TPSA) is 40.6 Å². The molecule has 2 aliphatic rings. The van der Waals surface area contributed by atoms with Crippen LogP contribution in [0.2, 0.25) is 0 Å². The number of hydrogen-bond acceptors (Lipinski definition) is 5. The first-order chi connectivity index (χ1) is 39.1. The van der Waals surface area contributed by atoms with Crippen molar-refractivity contribution in [2.24, 2.45) is 0 Å². The molecule has 0 saturated carbocycles. The summed E-state index contributed by atoms with van der Waals surface area (Å²) in [6, 6.07) is 63.7. The third-order valence-corrected chi connectivity index (χ3v) is 15.6. The quantitative estimate of drug-likeness (QED) is 0.138. The van der Waals surface area contributed by atoms with Crippen molar-refractivity contribution in [1.82, 2.24) is 4.98 Å². The van der Waals surface area contributed by atoms with Crippen molar-refractivity contribution in [3.63, 3.8) is 0 Å². The number of pyridine rings is 1. The van der Waals surface area contributed by atoms with Crippen molar-refractivity contribution in [3.8, 4) is 56.0 Å². The van der Waals surface area contributed by atoms with Gasteiger partial charge < -0.3 is 19.9 Å². The van der Waals surface area contributed by atoms with Gasteiger partial charge in [0.05, 0.1) is 0 Å². The Balaban J connectivity index is 0.00000786. The number of nitrogens with one attached hydrogen (secondary N) is 1. The summed E-state index contributed by atoms with van der Waals surface area (Å²) in [7, 11) is 0. The monoisotopic (exact) mass is 1210 g/mol. The Morgan fingerprint density at radius 3 is 1.92 bits per heavy atom. The fourth-order valence-corrected chi connectivity index (χ4v) is 11.0. The molecule has 9 aromatic rings. The molecular weight excluding hydrogens is 1130 g/mol. The van der Waals surface area contributed by atoms with Crippen molar-refractivity contribution in [2.75, 3.05) is 15.1 Å². The summed E-state index contributed by atoms with van der Waals surface area (Å²) in [5, 5.41) is 3.32. The van der Waals surface area contributed by atoms with Crippen LogP contribution in [0.5, 0.6) is 11.5 Å². The zero-order valence-corrected chi connectivity index (χ0v) is 48.6. The molecule has 0 spiro atoms. The average Bonchev–Trinajstić information content (AvgIpc) is 3.96. The van der Waals surface area contributed by atoms with Crippen LogP contribution in [0, 0.1) is 32.5 Å². The number of para-hydroxylation sites is 3. The van der Waals surface area contributed by atoms with E-state index in [2.05, 4.69) is 206 Å². The predicted molar refractivity (Wildman–Crippen MR) is 324 cm³/mol. The molecule has 0 bridgehead atoms. The molecule has 78 heavy (non-hydrogen) atoms. The van der Waals surface area contributed by atoms with Crippen LogP contribution < -0.4 is 19.9 Å². The first kappa shape index (κ1) is 46.9. The van der Waals surface area contributed by atoms with Gasteiger partial charge in [-0.3, -0.25) is 0 Å². The van der Waals surface area contributed by atoms with E-state index in [1.165, 1.54) is 22.3 Å². The standard InChI is InChI=1S/C72H71N4O.Pt/c1-47-28-34-58(64(38-47)74-67-39-48(2)61(45-73-67)51-31-35-62-63(42-51)72(11,12)37-36-71(62,9)10)50-29-32-56(33-30-50)77-57-23-18-22-55(44-57)75-46-76(66-27-17-16-26-65(66)75)68-59(49-20-14-13-15-21-49)24-19-25-60(68)52-40-53(69(3,4)5)43-54(41-52)70(6,7)8;/h13-32,34-35,38-43,45-46H,36-37H2,1-12H3,(H,73,74);/q-3;/i1D3,2D3;. The predicted octanol–water partition coefficient (Wildman–Crippen LogP) is 19.9. The van der Waals surface area contributed by atoms with E-state index in [9.17, 15) is 0 Å². The van der Waals surface area contributed by atoms with E-state index in [-0.39, 0.29) is 59.7 Å². The molecule has 1 aliphatic carbocycles. The summed E-state index contributed by atoms with van der Waals surface area (Å²) in [5.74, 6) is 1.21. The Labute approximate surface area is 487 Å². The SMILES string of the molecule is [2H]C([2H])([2H])c1ccc(-c2c[c-]c(Oc3[c-]c(N4[CH-]N(c5c(-c6ccccc6)cccc5-c5cc(C(C)(C)C)cc(C(C)(C)C)c5)c5ccccc54)ccc3)cc2)c(Nc2cc(C([2H])([2H])[2H])c(-c3ccc4c(c3)C(C)(C)CCC4(C)C)cn2)c1.[Pt]. The molecule has 0 radical (unpaired) electrons. The second kappa shape index (κ2) is 20.9. The van der Waals surface area contributed by atoms with Gasteiger partial charge in [0.2, 0.25) is 0 Å². The summed E-state index contributed by atoms with van der Waals surface area (Å²) >= 11 is 0. The number of benzene rings is 8. The zero-order chi connectivity index (χ0) is 59.0. The van der Waals surface area contributed by atoms with Crippen LogP contribution in [0.15, 0.2) is 176 Å². The number of fused-ring (bicyclic) bond motifs is 2. The van der Waals surface area contributed by atoms with Crippen LogP contribution in [-0.2, 0) is 42.7 Å². The van der Waals surface area contributed by atoms with Crippen LogP contribution in [0.4, 0.5) is 34.3 Å². The van der Waals surface area contributed by atoms with Crippen LogP contribution >= 0.6 is 0 Å². The van der Waals surface area contributed by atoms with Gasteiger partial charge in [-0.2, -0.15) is 18.2 Å². The fourth-order valence-electron chi connectivity index (χ4n) is 11.0. The molecule has 6 heteroatoms. The number of nitrogens with zero attached hydrogens (tertiary/aromatic N) is 3. The molecule has 0 atom stereocenters. The van der Waals surface area contributed by atoms with Crippen molar-refractivity contribution >= 4 is 34.3 Å². The van der Waals surface area contributed by atoms with E-state index in [1.54, 1.807) is 36.5 Å². The minimum absolute atomic E-state index is 0. The molecule has 0 saturated heterocycles. The largest absolute Gasteiger partial charge is 0.509 e. The summed E-state index contributed by atoms with van der Waals surface area (Å²) in [4.78, 5) is 9.23. The Hall–Kier alpha value is -7.20. The summed E-state index contributed by atoms with van der Waals surface area (Å²) in [5.41, 5.74) is 16.6. The summed E-state index contributed by atoms with van der Waals surface area (Å²) in [6.07, 6.45) is 3.70. The zero-order valence-electron chi connectivity index (χ0n) is 52.3. The van der Waals surface area contributed by atoms with Crippen LogP contribution in [0.1, 0.15) is 124 Å². The molecular formula is C72H71N4OPt-3. The Morgan fingerprint density at radius 1 is 0.577 bits per heavy atom. The molecule has 5 nitrogen and oxygen atoms in total. The summed E-state index contributed by atoms with van der Waals surface area (Å²) in [6.45, 7) is 20.0. The number of rotatable bonds is 10. The molecule has 0 unspecified atom stereocenters. The molecule has 8 aromatic carbocycles. The minimum Gasteiger partial charge on any atom is -0.509 e. The maximum absolute atomic E-state index is 8.67. The number of ether oxygens (including phenoxy) is 1. The van der Waals surface area contributed by atoms with Gasteiger partial charge in [0, 0.05) is 86.4 Å². The van der Waals surface area contributed by atoms with Crippen molar-refractivity contribution in [3.05, 3.63) is 228 Å². The van der Waals surface area contributed by atoms with E-state index in [0.717, 1.165) is 69.0 Å². The third-order valence-electron chi connectivity index (χ3n) is 15.6. The molecule has 1 N–H and O–H groups in total. The van der Waals surface area contributed by atoms with E-state index < -0.39 is 13.7 Å². The Kier molecular flexibility index (Phi) is 12.5. The fraction of sp³-hybridized carbons (Fsp3) is 0.250. The average molecular weight is 1210 g/mol. The van der Waals surface area contributed by atoms with Gasteiger partial charge in [-0.25, -0.2) is 4.98 Å². The number of aromatic nitrogens is 1. The Bertz CT molecular complexity index is 3880. The number of hydrogen-bond donors (Lipinski definition) is 1. The van der Waals surface area contributed by atoms with E-state index in [0.29, 0.717) is 28.3 Å². The molecule has 0 amide bonds. The molecule has 11 rings (SSSR count). The maximum Gasteiger partial charge on any atom is 0.130 e. The molecule has 1 aliphatic heterocycles. The first-order valence-corrected chi connectivity index (χ1v) is 26.8. The van der Waals surface area contributed by atoms with Gasteiger partial charge in [0.25, 0.3) is 0 Å².